The lowest BCUT2D eigenvalue weighted by Crippen LogP contribution is -2.10. The average molecular weight is 358 g/mol. The van der Waals surface area contributed by atoms with Crippen molar-refractivity contribution in [1.82, 2.24) is 0 Å². The summed E-state index contributed by atoms with van der Waals surface area (Å²) in [6.45, 7) is 0.401. The number of nitrogens with zero attached hydrogens (tertiary/aromatic N) is 1. The third-order valence-electron chi connectivity index (χ3n) is 3.01. The molecule has 0 saturated carbocycles. The highest BCUT2D eigenvalue weighted by molar-refractivity contribution is 6.30. The van der Waals surface area contributed by atoms with Crippen LogP contribution in [0.15, 0.2) is 54.6 Å². The fourth-order valence-corrected chi connectivity index (χ4v) is 1.96. The van der Waals surface area contributed by atoms with E-state index < -0.39 is 5.97 Å². The van der Waals surface area contributed by atoms with Gasteiger partial charge in [-0.1, -0.05) is 23.7 Å². The lowest BCUT2D eigenvalue weighted by Gasteiger charge is -2.06. The van der Waals surface area contributed by atoms with Gasteiger partial charge in [-0.15, -0.1) is 0 Å². The van der Waals surface area contributed by atoms with Crippen LogP contribution in [-0.2, 0) is 9.53 Å². The number of esters is 1. The molecule has 5 nitrogen and oxygen atoms in total. The predicted octanol–water partition coefficient (Wildman–Crippen LogP) is 3.88. The normalized spacial score (nSPS) is 10.2. The second kappa shape index (κ2) is 10.0. The molecule has 0 aliphatic carbocycles. The minimum Gasteiger partial charge on any atom is -0.490 e. The zero-order valence-electron chi connectivity index (χ0n) is 13.4. The van der Waals surface area contributed by atoms with Gasteiger partial charge in [0.15, 0.2) is 6.61 Å². The number of halogens is 1. The third kappa shape index (κ3) is 6.98. The van der Waals surface area contributed by atoms with Crippen LogP contribution in [0.3, 0.4) is 0 Å². The molecular formula is C19H16ClNO4. The Balaban J connectivity index is 1.69. The molecule has 0 amide bonds. The molecule has 128 valence electrons. The summed E-state index contributed by atoms with van der Waals surface area (Å²) < 4.78 is 15.6. The van der Waals surface area contributed by atoms with Crippen LogP contribution in [0.5, 0.6) is 11.5 Å². The van der Waals surface area contributed by atoms with E-state index in [1.807, 2.05) is 6.07 Å². The van der Waals surface area contributed by atoms with E-state index in [-0.39, 0.29) is 19.8 Å². The first-order valence-electron chi connectivity index (χ1n) is 7.50. The molecule has 0 aliphatic rings. The van der Waals surface area contributed by atoms with Crippen LogP contribution in [0.1, 0.15) is 5.56 Å². The molecule has 25 heavy (non-hydrogen) atoms. The largest absolute Gasteiger partial charge is 0.490 e. The molecule has 2 aromatic carbocycles. The van der Waals surface area contributed by atoms with Crippen LogP contribution in [0.2, 0.25) is 5.02 Å². The van der Waals surface area contributed by atoms with Gasteiger partial charge in [-0.25, -0.2) is 4.79 Å². The number of hydrogen-bond acceptors (Lipinski definition) is 5. The molecule has 0 fully saturated rings. The zero-order chi connectivity index (χ0) is 17.9. The lowest BCUT2D eigenvalue weighted by molar-refractivity contribution is -0.138. The van der Waals surface area contributed by atoms with Crippen molar-refractivity contribution in [3.05, 3.63) is 65.2 Å². The van der Waals surface area contributed by atoms with Gasteiger partial charge in [0.1, 0.15) is 30.8 Å². The van der Waals surface area contributed by atoms with Gasteiger partial charge in [-0.05, 0) is 48.0 Å². The molecule has 0 unspecified atom stereocenters. The molecule has 0 heterocycles. The minimum absolute atomic E-state index is 0.000393. The SMILES string of the molecule is N#CCOc1ccc(/C=C/C(=O)OCCOc2ccc(Cl)cc2)cc1. The van der Waals surface area contributed by atoms with Crippen LogP contribution in [0, 0.1) is 11.3 Å². The van der Waals surface area contributed by atoms with Crippen molar-refractivity contribution < 1.29 is 19.0 Å². The number of carbonyl (C=O) groups is 1. The summed E-state index contributed by atoms with van der Waals surface area (Å²) >= 11 is 5.78. The molecule has 6 heteroatoms. The lowest BCUT2D eigenvalue weighted by atomic mass is 10.2. The molecular weight excluding hydrogens is 342 g/mol. The van der Waals surface area contributed by atoms with E-state index in [0.29, 0.717) is 16.5 Å². The molecule has 2 rings (SSSR count). The van der Waals surface area contributed by atoms with E-state index in [1.54, 1.807) is 54.6 Å². The summed E-state index contributed by atoms with van der Waals surface area (Å²) in [6, 6.07) is 15.8. The molecule has 2 aromatic rings. The maximum atomic E-state index is 11.6. The average Bonchev–Trinajstić information content (AvgIpc) is 2.64. The Morgan fingerprint density at radius 3 is 2.32 bits per heavy atom. The van der Waals surface area contributed by atoms with Crippen LogP contribution in [-0.4, -0.2) is 25.8 Å². The first-order chi connectivity index (χ1) is 12.2. The molecule has 0 spiro atoms. The second-order valence-electron chi connectivity index (χ2n) is 4.82. The first kappa shape index (κ1) is 18.4. The summed E-state index contributed by atoms with van der Waals surface area (Å²) in [5.74, 6) is 0.805. The van der Waals surface area contributed by atoms with Crippen LogP contribution < -0.4 is 9.47 Å². The Hall–Kier alpha value is -2.97. The van der Waals surface area contributed by atoms with E-state index >= 15 is 0 Å². The number of benzene rings is 2. The number of ether oxygens (including phenoxy) is 3. The summed E-state index contributed by atoms with van der Waals surface area (Å²) in [7, 11) is 0. The van der Waals surface area contributed by atoms with E-state index in [2.05, 4.69) is 0 Å². The first-order valence-corrected chi connectivity index (χ1v) is 7.88. The highest BCUT2D eigenvalue weighted by Crippen LogP contribution is 2.15. The summed E-state index contributed by atoms with van der Waals surface area (Å²) in [5.41, 5.74) is 0.818. The predicted molar refractivity (Wildman–Crippen MR) is 94.5 cm³/mol. The quantitative estimate of drug-likeness (QED) is 0.407. The summed E-state index contributed by atoms with van der Waals surface area (Å²) in [4.78, 5) is 11.6. The Kier molecular flexibility index (Phi) is 7.36. The molecule has 0 aromatic heterocycles. The standard InChI is InChI=1S/C19H16ClNO4/c20-16-4-8-18(9-5-16)24-13-14-25-19(22)10-3-15-1-6-17(7-2-15)23-12-11-21/h1-10H,12-14H2/b10-3+. The van der Waals surface area contributed by atoms with Crippen LogP contribution >= 0.6 is 11.6 Å². The molecule has 0 bridgehead atoms. The number of nitriles is 1. The Morgan fingerprint density at radius 1 is 1.00 bits per heavy atom. The van der Waals surface area contributed by atoms with Crippen molar-refractivity contribution in [3.63, 3.8) is 0 Å². The van der Waals surface area contributed by atoms with Crippen molar-refractivity contribution in [3.8, 4) is 17.6 Å². The molecule has 0 aliphatic heterocycles. The van der Waals surface area contributed by atoms with E-state index in [4.69, 9.17) is 31.1 Å². The smallest absolute Gasteiger partial charge is 0.330 e. The van der Waals surface area contributed by atoms with Gasteiger partial charge in [-0.2, -0.15) is 5.26 Å². The maximum absolute atomic E-state index is 11.6. The highest BCUT2D eigenvalue weighted by atomic mass is 35.5. The number of rotatable bonds is 8. The van der Waals surface area contributed by atoms with Crippen molar-refractivity contribution in [2.45, 2.75) is 0 Å². The Labute approximate surface area is 151 Å². The molecule has 0 saturated heterocycles. The fraction of sp³-hybridized carbons (Fsp3) is 0.158. The molecule has 0 atom stereocenters. The Bertz CT molecular complexity index is 748. The number of carbonyl (C=O) groups excluding carboxylic acids is 1. The van der Waals surface area contributed by atoms with Gasteiger partial charge in [0.2, 0.25) is 0 Å². The van der Waals surface area contributed by atoms with Gasteiger partial charge in [0, 0.05) is 11.1 Å². The van der Waals surface area contributed by atoms with Gasteiger partial charge < -0.3 is 14.2 Å². The van der Waals surface area contributed by atoms with Crippen LogP contribution in [0.4, 0.5) is 0 Å². The highest BCUT2D eigenvalue weighted by Gasteiger charge is 1.99. The minimum atomic E-state index is -0.454. The maximum Gasteiger partial charge on any atom is 0.330 e. The Morgan fingerprint density at radius 2 is 1.64 bits per heavy atom. The third-order valence-corrected chi connectivity index (χ3v) is 3.26. The van der Waals surface area contributed by atoms with E-state index in [0.717, 1.165) is 5.56 Å². The fourth-order valence-electron chi connectivity index (χ4n) is 1.84. The van der Waals surface area contributed by atoms with E-state index in [1.165, 1.54) is 6.08 Å². The molecule has 0 N–H and O–H groups in total. The van der Waals surface area contributed by atoms with Crippen molar-refractivity contribution in [2.24, 2.45) is 0 Å². The van der Waals surface area contributed by atoms with Crippen molar-refractivity contribution >= 4 is 23.6 Å². The van der Waals surface area contributed by atoms with Gasteiger partial charge >= 0.3 is 5.97 Å². The van der Waals surface area contributed by atoms with Crippen LogP contribution in [0.25, 0.3) is 6.08 Å². The number of hydrogen-bond donors (Lipinski definition) is 0. The summed E-state index contributed by atoms with van der Waals surface area (Å²) in [6.07, 6.45) is 2.98. The second-order valence-corrected chi connectivity index (χ2v) is 5.26. The van der Waals surface area contributed by atoms with Crippen molar-refractivity contribution in [2.75, 3.05) is 19.8 Å². The van der Waals surface area contributed by atoms with Gasteiger partial charge in [0.05, 0.1) is 0 Å². The summed E-state index contributed by atoms with van der Waals surface area (Å²) in [5, 5.41) is 9.07. The van der Waals surface area contributed by atoms with Gasteiger partial charge in [-0.3, -0.25) is 0 Å². The topological polar surface area (TPSA) is 68.5 Å². The van der Waals surface area contributed by atoms with Crippen molar-refractivity contribution in [1.29, 1.82) is 5.26 Å². The van der Waals surface area contributed by atoms with E-state index in [9.17, 15) is 4.79 Å². The zero-order valence-corrected chi connectivity index (χ0v) is 14.1. The molecule has 0 radical (unpaired) electrons. The monoisotopic (exact) mass is 357 g/mol. The van der Waals surface area contributed by atoms with Gasteiger partial charge in [0.25, 0.3) is 0 Å².